The van der Waals surface area contributed by atoms with Crippen molar-refractivity contribution < 1.29 is 9.53 Å². The molecule has 2 fully saturated rings. The number of hydrogen-bond acceptors (Lipinski definition) is 4. The number of likely N-dealkylation sites (tertiary alicyclic amines) is 1. The molecule has 2 heterocycles. The first kappa shape index (κ1) is 15.3. The largest absolute Gasteiger partial charge is 0.481 e. The second-order valence-corrected chi connectivity index (χ2v) is 6.75. The number of carbonyl (C=O) groups excluding carboxylic acids is 1. The molecule has 0 spiro atoms. The van der Waals surface area contributed by atoms with Crippen LogP contribution in [0, 0.1) is 11.8 Å². The van der Waals surface area contributed by atoms with Crippen molar-refractivity contribution in [1.29, 1.82) is 0 Å². The number of aromatic nitrogens is 1. The summed E-state index contributed by atoms with van der Waals surface area (Å²) in [6.45, 7) is 1.82. The van der Waals surface area contributed by atoms with Gasteiger partial charge < -0.3 is 9.64 Å². The quantitative estimate of drug-likeness (QED) is 0.850. The summed E-state index contributed by atoms with van der Waals surface area (Å²) in [5, 5.41) is 0. The van der Waals surface area contributed by atoms with E-state index in [1.54, 1.807) is 7.11 Å². The fourth-order valence-corrected chi connectivity index (χ4v) is 3.89. The molecule has 1 aromatic heterocycles. The van der Waals surface area contributed by atoms with Gasteiger partial charge in [0.15, 0.2) is 0 Å². The van der Waals surface area contributed by atoms with Crippen LogP contribution in [0.5, 0.6) is 5.88 Å². The average Bonchev–Trinajstić information content (AvgIpc) is 2.91. The second-order valence-electron chi connectivity index (χ2n) is 6.75. The van der Waals surface area contributed by atoms with Gasteiger partial charge in [-0.25, -0.2) is 4.98 Å². The number of hydrogen-bond donors (Lipinski definition) is 0. The van der Waals surface area contributed by atoms with Crippen LogP contribution in [-0.4, -0.2) is 54.5 Å². The highest BCUT2D eigenvalue weighted by Gasteiger charge is 2.41. The summed E-state index contributed by atoms with van der Waals surface area (Å²) in [4.78, 5) is 20.4. The smallest absolute Gasteiger partial charge is 0.222 e. The van der Waals surface area contributed by atoms with Gasteiger partial charge in [-0.15, -0.1) is 0 Å². The lowest BCUT2D eigenvalue weighted by molar-refractivity contribution is -0.134. The number of rotatable bonds is 4. The highest BCUT2D eigenvalue weighted by Crippen LogP contribution is 2.40. The number of nitrogens with zero attached hydrogens (tertiary/aromatic N) is 3. The van der Waals surface area contributed by atoms with Crippen molar-refractivity contribution in [2.45, 2.75) is 31.8 Å². The zero-order valence-corrected chi connectivity index (χ0v) is 13.7. The average molecular weight is 303 g/mol. The topological polar surface area (TPSA) is 45.7 Å². The van der Waals surface area contributed by atoms with Crippen molar-refractivity contribution in [3.8, 4) is 5.88 Å². The Morgan fingerprint density at radius 2 is 2.14 bits per heavy atom. The predicted octanol–water partition coefficient (Wildman–Crippen LogP) is 1.78. The molecule has 5 heteroatoms. The highest BCUT2D eigenvalue weighted by atomic mass is 16.5. The van der Waals surface area contributed by atoms with Crippen LogP contribution >= 0.6 is 0 Å². The van der Waals surface area contributed by atoms with Crippen molar-refractivity contribution >= 4 is 5.91 Å². The van der Waals surface area contributed by atoms with E-state index >= 15 is 0 Å². The van der Waals surface area contributed by atoms with Crippen LogP contribution in [0.1, 0.15) is 24.8 Å². The van der Waals surface area contributed by atoms with E-state index in [-0.39, 0.29) is 0 Å². The molecule has 0 unspecified atom stereocenters. The normalized spacial score (nSPS) is 28.1. The van der Waals surface area contributed by atoms with Gasteiger partial charge in [-0.3, -0.25) is 9.69 Å². The predicted molar refractivity (Wildman–Crippen MR) is 84.5 cm³/mol. The fourth-order valence-electron chi connectivity index (χ4n) is 3.89. The van der Waals surface area contributed by atoms with Crippen LogP contribution in [-0.2, 0) is 11.3 Å². The Labute approximate surface area is 132 Å². The van der Waals surface area contributed by atoms with Gasteiger partial charge in [-0.2, -0.15) is 0 Å². The number of carbonyl (C=O) groups is 1. The Morgan fingerprint density at radius 3 is 2.82 bits per heavy atom. The lowest BCUT2D eigenvalue weighted by Gasteiger charge is -2.31. The molecule has 0 radical (unpaired) electrons. The Morgan fingerprint density at radius 1 is 1.36 bits per heavy atom. The van der Waals surface area contributed by atoms with Crippen LogP contribution in [0.4, 0.5) is 0 Å². The molecule has 1 amide bonds. The van der Waals surface area contributed by atoms with Gasteiger partial charge in [0.2, 0.25) is 11.8 Å². The number of piperidine rings is 1. The van der Waals surface area contributed by atoms with E-state index in [0.717, 1.165) is 25.9 Å². The van der Waals surface area contributed by atoms with Gasteiger partial charge in [0.25, 0.3) is 0 Å². The first-order chi connectivity index (χ1) is 10.6. The molecule has 3 atom stereocenters. The molecule has 1 aliphatic heterocycles. The lowest BCUT2D eigenvalue weighted by atomic mass is 9.88. The Hall–Kier alpha value is -1.62. The molecule has 0 bridgehead atoms. The molecular weight excluding hydrogens is 278 g/mol. The Balaban J connectivity index is 1.59. The summed E-state index contributed by atoms with van der Waals surface area (Å²) in [7, 11) is 5.74. The summed E-state index contributed by atoms with van der Waals surface area (Å²) in [6, 6.07) is 4.55. The van der Waals surface area contributed by atoms with Gasteiger partial charge in [-0.05, 0) is 37.3 Å². The zero-order valence-electron chi connectivity index (χ0n) is 13.7. The molecule has 120 valence electrons. The number of fused-ring (bicyclic) bond motifs is 1. The van der Waals surface area contributed by atoms with Crippen LogP contribution in [0.15, 0.2) is 18.3 Å². The standard InChI is InChI=1S/C17H25N3O2/c1-19(10-12-4-5-16(22-3)18-9-12)15-6-13-8-17(21)20(2)11-14(13)7-15/h4-5,9,13-15H,6-8,10-11H2,1-3H3/t13-,14+,15-/m1/s1. The van der Waals surface area contributed by atoms with Crippen molar-refractivity contribution in [1.82, 2.24) is 14.8 Å². The Kier molecular flexibility index (Phi) is 4.34. The van der Waals surface area contributed by atoms with Gasteiger partial charge in [0, 0.05) is 44.9 Å². The van der Waals surface area contributed by atoms with E-state index in [4.69, 9.17) is 4.74 Å². The van der Waals surface area contributed by atoms with Gasteiger partial charge in [-0.1, -0.05) is 6.07 Å². The summed E-state index contributed by atoms with van der Waals surface area (Å²) in [5.41, 5.74) is 1.20. The van der Waals surface area contributed by atoms with Crippen molar-refractivity contribution in [3.05, 3.63) is 23.9 Å². The van der Waals surface area contributed by atoms with Crippen LogP contribution in [0.2, 0.25) is 0 Å². The van der Waals surface area contributed by atoms with E-state index in [0.29, 0.717) is 29.7 Å². The van der Waals surface area contributed by atoms with E-state index in [1.807, 2.05) is 24.2 Å². The van der Waals surface area contributed by atoms with Crippen LogP contribution in [0.3, 0.4) is 0 Å². The van der Waals surface area contributed by atoms with E-state index in [9.17, 15) is 4.79 Å². The minimum atomic E-state index is 0.309. The number of methoxy groups -OCH3 is 1. The summed E-state index contributed by atoms with van der Waals surface area (Å²) < 4.78 is 5.10. The van der Waals surface area contributed by atoms with Crippen molar-refractivity contribution in [2.75, 3.05) is 27.7 Å². The van der Waals surface area contributed by atoms with E-state index in [2.05, 4.69) is 23.0 Å². The molecule has 1 saturated carbocycles. The van der Waals surface area contributed by atoms with Gasteiger partial charge in [0.1, 0.15) is 0 Å². The number of amides is 1. The number of pyridine rings is 1. The molecule has 5 nitrogen and oxygen atoms in total. The summed E-state index contributed by atoms with van der Waals surface area (Å²) in [5.74, 6) is 2.21. The maximum absolute atomic E-state index is 11.9. The third-order valence-corrected chi connectivity index (χ3v) is 5.25. The van der Waals surface area contributed by atoms with Crippen LogP contribution < -0.4 is 4.74 Å². The highest BCUT2D eigenvalue weighted by molar-refractivity contribution is 5.77. The third-order valence-electron chi connectivity index (χ3n) is 5.25. The summed E-state index contributed by atoms with van der Waals surface area (Å²) in [6.07, 6.45) is 4.96. The minimum Gasteiger partial charge on any atom is -0.481 e. The van der Waals surface area contributed by atoms with E-state index < -0.39 is 0 Å². The molecule has 0 aromatic carbocycles. The molecule has 1 saturated heterocycles. The lowest BCUT2D eigenvalue weighted by Crippen LogP contribution is -2.39. The molecule has 22 heavy (non-hydrogen) atoms. The van der Waals surface area contributed by atoms with Crippen LogP contribution in [0.25, 0.3) is 0 Å². The van der Waals surface area contributed by atoms with Gasteiger partial charge in [0.05, 0.1) is 7.11 Å². The molecule has 1 aliphatic carbocycles. The maximum atomic E-state index is 11.9. The van der Waals surface area contributed by atoms with Crippen molar-refractivity contribution in [3.63, 3.8) is 0 Å². The number of ether oxygens (including phenoxy) is 1. The monoisotopic (exact) mass is 303 g/mol. The van der Waals surface area contributed by atoms with Gasteiger partial charge >= 0.3 is 0 Å². The summed E-state index contributed by atoms with van der Waals surface area (Å²) >= 11 is 0. The van der Waals surface area contributed by atoms with E-state index in [1.165, 1.54) is 12.0 Å². The maximum Gasteiger partial charge on any atom is 0.222 e. The molecule has 2 aliphatic rings. The molecule has 1 aromatic rings. The first-order valence-corrected chi connectivity index (χ1v) is 8.00. The first-order valence-electron chi connectivity index (χ1n) is 8.00. The SMILES string of the molecule is COc1ccc(CN(C)[C@@H]2C[C@@H]3CC(=O)N(C)C[C@@H]3C2)cn1. The molecule has 3 rings (SSSR count). The molecule has 0 N–H and O–H groups in total. The fraction of sp³-hybridized carbons (Fsp3) is 0.647. The van der Waals surface area contributed by atoms with Crippen molar-refractivity contribution in [2.24, 2.45) is 11.8 Å². The second kappa shape index (κ2) is 6.24. The zero-order chi connectivity index (χ0) is 15.7. The minimum absolute atomic E-state index is 0.309. The Bertz CT molecular complexity index is 531. The molecular formula is C17H25N3O2. The third kappa shape index (κ3) is 3.09.